The Hall–Kier alpha value is -1.53. The van der Waals surface area contributed by atoms with Gasteiger partial charge in [-0.25, -0.2) is 4.39 Å². The number of rotatable bonds is 2. The van der Waals surface area contributed by atoms with Gasteiger partial charge in [0, 0.05) is 0 Å². The maximum atomic E-state index is 13.3. The number of halogens is 1. The van der Waals surface area contributed by atoms with Crippen molar-refractivity contribution >= 4 is 0 Å². The third kappa shape index (κ3) is 4.25. The Morgan fingerprint density at radius 3 is 2.63 bits per heavy atom. The van der Waals surface area contributed by atoms with Crippen LogP contribution in [0.2, 0.25) is 0 Å². The van der Waals surface area contributed by atoms with E-state index < -0.39 is 0 Å². The fourth-order valence-corrected chi connectivity index (χ4v) is 2.39. The summed E-state index contributed by atoms with van der Waals surface area (Å²) >= 11 is 0. The summed E-state index contributed by atoms with van der Waals surface area (Å²) in [6.07, 6.45) is 7.34. The van der Waals surface area contributed by atoms with Crippen LogP contribution in [-0.2, 0) is 0 Å². The second kappa shape index (κ2) is 7.16. The molecule has 1 aromatic carbocycles. The van der Waals surface area contributed by atoms with Crippen molar-refractivity contribution in [1.29, 1.82) is 0 Å². The van der Waals surface area contributed by atoms with Gasteiger partial charge in [-0.2, -0.15) is 0 Å². The van der Waals surface area contributed by atoms with Crippen molar-refractivity contribution in [2.24, 2.45) is 5.73 Å². The minimum absolute atomic E-state index is 0.228. The molecule has 0 atom stereocenters. The van der Waals surface area contributed by atoms with Gasteiger partial charge < -0.3 is 10.5 Å². The minimum Gasteiger partial charge on any atom is -0.489 e. The van der Waals surface area contributed by atoms with Crippen molar-refractivity contribution in [2.45, 2.75) is 44.6 Å². The molecule has 0 spiro atoms. The molecule has 1 aromatic rings. The van der Waals surface area contributed by atoms with Crippen LogP contribution in [0.4, 0.5) is 4.39 Å². The molecule has 0 unspecified atom stereocenters. The second-order valence-corrected chi connectivity index (χ2v) is 4.88. The summed E-state index contributed by atoms with van der Waals surface area (Å²) in [6, 6.07) is 4.50. The van der Waals surface area contributed by atoms with E-state index in [2.05, 4.69) is 11.8 Å². The van der Waals surface area contributed by atoms with Gasteiger partial charge in [-0.15, -0.1) is 0 Å². The number of hydrogen-bond acceptors (Lipinski definition) is 2. The Kier molecular flexibility index (Phi) is 5.23. The minimum atomic E-state index is -0.297. The maximum Gasteiger partial charge on any atom is 0.135 e. The first-order valence-electron chi connectivity index (χ1n) is 6.95. The number of benzene rings is 1. The molecule has 1 saturated carbocycles. The normalized spacial score (nSPS) is 16.3. The van der Waals surface area contributed by atoms with Crippen LogP contribution >= 0.6 is 0 Å². The Bertz CT molecular complexity index is 467. The lowest BCUT2D eigenvalue weighted by atomic mass is 10.1. The predicted octanol–water partition coefficient (Wildman–Crippen LogP) is 3.24. The Morgan fingerprint density at radius 2 is 1.95 bits per heavy atom. The quantitative estimate of drug-likeness (QED) is 0.655. The first-order valence-corrected chi connectivity index (χ1v) is 6.95. The third-order valence-corrected chi connectivity index (χ3v) is 3.36. The lowest BCUT2D eigenvalue weighted by Crippen LogP contribution is -2.15. The van der Waals surface area contributed by atoms with E-state index in [0.717, 1.165) is 12.8 Å². The molecule has 0 aliphatic heterocycles. The molecule has 0 saturated heterocycles. The van der Waals surface area contributed by atoms with Crippen molar-refractivity contribution < 1.29 is 9.13 Å². The van der Waals surface area contributed by atoms with Gasteiger partial charge in [-0.3, -0.25) is 0 Å². The molecular formula is C16H20FNO. The zero-order valence-corrected chi connectivity index (χ0v) is 11.1. The van der Waals surface area contributed by atoms with Crippen LogP contribution < -0.4 is 10.5 Å². The van der Waals surface area contributed by atoms with Gasteiger partial charge in [0.05, 0.1) is 18.2 Å². The van der Waals surface area contributed by atoms with E-state index in [1.54, 1.807) is 6.07 Å². The van der Waals surface area contributed by atoms with Crippen LogP contribution in [0.5, 0.6) is 5.75 Å². The molecule has 102 valence electrons. The lowest BCUT2D eigenvalue weighted by Gasteiger charge is -2.18. The Morgan fingerprint density at radius 1 is 1.21 bits per heavy atom. The summed E-state index contributed by atoms with van der Waals surface area (Å²) < 4.78 is 19.3. The molecule has 2 rings (SSSR count). The fourth-order valence-electron chi connectivity index (χ4n) is 2.39. The second-order valence-electron chi connectivity index (χ2n) is 4.88. The molecule has 0 aromatic heterocycles. The van der Waals surface area contributed by atoms with E-state index >= 15 is 0 Å². The van der Waals surface area contributed by atoms with Gasteiger partial charge >= 0.3 is 0 Å². The van der Waals surface area contributed by atoms with Crippen LogP contribution in [0, 0.1) is 17.7 Å². The highest BCUT2D eigenvalue weighted by molar-refractivity contribution is 5.46. The van der Waals surface area contributed by atoms with Gasteiger partial charge in [-0.05, 0) is 43.9 Å². The van der Waals surface area contributed by atoms with Crippen LogP contribution in [0.1, 0.15) is 44.1 Å². The molecule has 0 amide bonds. The van der Waals surface area contributed by atoms with E-state index in [1.165, 1.54) is 37.8 Å². The molecule has 0 heterocycles. The summed E-state index contributed by atoms with van der Waals surface area (Å²) in [4.78, 5) is 0. The third-order valence-electron chi connectivity index (χ3n) is 3.36. The summed E-state index contributed by atoms with van der Waals surface area (Å²) in [5.41, 5.74) is 5.95. The monoisotopic (exact) mass is 261 g/mol. The number of nitrogens with two attached hydrogens (primary N) is 1. The Labute approximate surface area is 114 Å². The van der Waals surface area contributed by atoms with E-state index in [-0.39, 0.29) is 18.5 Å². The highest BCUT2D eigenvalue weighted by atomic mass is 19.1. The zero-order valence-electron chi connectivity index (χ0n) is 11.1. The highest BCUT2D eigenvalue weighted by Gasteiger charge is 2.15. The number of hydrogen-bond donors (Lipinski definition) is 1. The first-order chi connectivity index (χ1) is 9.29. The van der Waals surface area contributed by atoms with Gasteiger partial charge in [0.2, 0.25) is 0 Å². The molecule has 1 aliphatic rings. The van der Waals surface area contributed by atoms with E-state index in [0.29, 0.717) is 11.3 Å². The van der Waals surface area contributed by atoms with Crippen LogP contribution in [0.3, 0.4) is 0 Å². The zero-order chi connectivity index (χ0) is 13.5. The molecule has 1 aliphatic carbocycles. The van der Waals surface area contributed by atoms with Crippen molar-refractivity contribution in [3.8, 4) is 17.6 Å². The van der Waals surface area contributed by atoms with E-state index in [1.807, 2.05) is 0 Å². The van der Waals surface area contributed by atoms with Crippen molar-refractivity contribution in [2.75, 3.05) is 6.54 Å². The lowest BCUT2D eigenvalue weighted by molar-refractivity contribution is 0.183. The molecule has 3 heteroatoms. The maximum absolute atomic E-state index is 13.3. The average Bonchev–Trinajstić information content (AvgIpc) is 2.67. The topological polar surface area (TPSA) is 35.2 Å². The number of ether oxygens (including phenoxy) is 1. The van der Waals surface area contributed by atoms with Crippen molar-refractivity contribution in [3.63, 3.8) is 0 Å². The van der Waals surface area contributed by atoms with E-state index in [4.69, 9.17) is 10.5 Å². The van der Waals surface area contributed by atoms with Crippen molar-refractivity contribution in [1.82, 2.24) is 0 Å². The van der Waals surface area contributed by atoms with Gasteiger partial charge in [0.15, 0.2) is 0 Å². The summed E-state index contributed by atoms with van der Waals surface area (Å²) in [5, 5.41) is 0. The molecule has 0 radical (unpaired) electrons. The molecule has 2 nitrogen and oxygen atoms in total. The van der Waals surface area contributed by atoms with Crippen LogP contribution in [0.15, 0.2) is 18.2 Å². The Balaban J connectivity index is 2.13. The smallest absolute Gasteiger partial charge is 0.135 e. The first kappa shape index (κ1) is 13.9. The summed E-state index contributed by atoms with van der Waals surface area (Å²) in [6.45, 7) is 0.263. The fraction of sp³-hybridized carbons (Fsp3) is 0.500. The molecular weight excluding hydrogens is 241 g/mol. The molecule has 1 fully saturated rings. The van der Waals surface area contributed by atoms with Crippen LogP contribution in [-0.4, -0.2) is 12.6 Å². The van der Waals surface area contributed by atoms with Gasteiger partial charge in [0.25, 0.3) is 0 Å². The van der Waals surface area contributed by atoms with Crippen molar-refractivity contribution in [3.05, 3.63) is 29.6 Å². The predicted molar refractivity (Wildman–Crippen MR) is 74.5 cm³/mol. The van der Waals surface area contributed by atoms with Gasteiger partial charge in [-0.1, -0.05) is 24.7 Å². The molecule has 2 N–H and O–H groups in total. The SMILES string of the molecule is NCC#Cc1cc(F)ccc1OC1CCCCCC1. The van der Waals surface area contributed by atoms with E-state index in [9.17, 15) is 4.39 Å². The van der Waals surface area contributed by atoms with Crippen LogP contribution in [0.25, 0.3) is 0 Å². The summed E-state index contributed by atoms with van der Waals surface area (Å²) in [5.74, 6) is 6.01. The summed E-state index contributed by atoms with van der Waals surface area (Å²) in [7, 11) is 0. The standard InChI is InChI=1S/C16H20FNO/c17-14-9-10-16(13(12-14)6-5-11-18)19-15-7-3-1-2-4-8-15/h9-10,12,15H,1-4,7-8,11,18H2. The largest absolute Gasteiger partial charge is 0.489 e. The molecule has 19 heavy (non-hydrogen) atoms. The highest BCUT2D eigenvalue weighted by Crippen LogP contribution is 2.25. The van der Waals surface area contributed by atoms with Gasteiger partial charge in [0.1, 0.15) is 11.6 Å². The average molecular weight is 261 g/mol. The molecule has 0 bridgehead atoms.